The Hall–Kier alpha value is -1.44. The Morgan fingerprint density at radius 1 is 1.50 bits per heavy atom. The van der Waals surface area contributed by atoms with Crippen molar-refractivity contribution in [2.45, 2.75) is 38.3 Å². The van der Waals surface area contributed by atoms with Gasteiger partial charge in [0.2, 0.25) is 0 Å². The standard InChI is InChI=1S/C13H23N5O2/c1-20-9-12-15-11(17-14)8-13(16-12)18(6-3-7-19)10-4-2-5-10/h8,10,19H,2-7,9,14H2,1H3,(H,15,16,17). The topological polar surface area (TPSA) is 96.5 Å². The molecule has 0 aromatic carbocycles. The van der Waals surface area contributed by atoms with Gasteiger partial charge in [-0.2, -0.15) is 0 Å². The van der Waals surface area contributed by atoms with Crippen LogP contribution in [0, 0.1) is 0 Å². The van der Waals surface area contributed by atoms with Crippen LogP contribution in [0.25, 0.3) is 0 Å². The van der Waals surface area contributed by atoms with E-state index in [1.807, 2.05) is 6.07 Å². The number of aromatic nitrogens is 2. The lowest BCUT2D eigenvalue weighted by Gasteiger charge is -2.38. The summed E-state index contributed by atoms with van der Waals surface area (Å²) in [5.41, 5.74) is 2.57. The van der Waals surface area contributed by atoms with Crippen LogP contribution >= 0.6 is 0 Å². The molecule has 0 radical (unpaired) electrons. The average Bonchev–Trinajstić information content (AvgIpc) is 2.41. The van der Waals surface area contributed by atoms with Crippen LogP contribution in [0.1, 0.15) is 31.5 Å². The number of rotatable bonds is 8. The third kappa shape index (κ3) is 3.56. The fraction of sp³-hybridized carbons (Fsp3) is 0.692. The number of nitrogens with two attached hydrogens (primary N) is 1. The van der Waals surface area contributed by atoms with E-state index in [9.17, 15) is 0 Å². The molecule has 1 aromatic heterocycles. The summed E-state index contributed by atoms with van der Waals surface area (Å²) < 4.78 is 5.09. The highest BCUT2D eigenvalue weighted by atomic mass is 16.5. The van der Waals surface area contributed by atoms with E-state index in [0.29, 0.717) is 24.3 Å². The number of nitrogens with one attached hydrogen (secondary N) is 1. The quantitative estimate of drug-likeness (QED) is 0.475. The van der Waals surface area contributed by atoms with Crippen molar-refractivity contribution in [3.8, 4) is 0 Å². The van der Waals surface area contributed by atoms with Gasteiger partial charge in [0.05, 0.1) is 0 Å². The predicted octanol–water partition coefficient (Wildman–Crippen LogP) is 0.650. The Morgan fingerprint density at radius 2 is 2.30 bits per heavy atom. The molecule has 1 heterocycles. The van der Waals surface area contributed by atoms with Crippen molar-refractivity contribution >= 4 is 11.6 Å². The Balaban J connectivity index is 2.22. The van der Waals surface area contributed by atoms with Gasteiger partial charge in [-0.25, -0.2) is 15.8 Å². The van der Waals surface area contributed by atoms with Gasteiger partial charge < -0.3 is 20.2 Å². The second kappa shape index (κ2) is 7.37. The van der Waals surface area contributed by atoms with Crippen LogP contribution in [-0.4, -0.2) is 41.4 Å². The molecule has 0 amide bonds. The van der Waals surface area contributed by atoms with Crippen molar-refractivity contribution in [3.63, 3.8) is 0 Å². The van der Waals surface area contributed by atoms with Crippen molar-refractivity contribution in [1.82, 2.24) is 9.97 Å². The van der Waals surface area contributed by atoms with Gasteiger partial charge in [0.15, 0.2) is 5.82 Å². The first-order valence-electron chi connectivity index (χ1n) is 6.99. The van der Waals surface area contributed by atoms with Gasteiger partial charge in [0.25, 0.3) is 0 Å². The van der Waals surface area contributed by atoms with Gasteiger partial charge >= 0.3 is 0 Å². The Morgan fingerprint density at radius 3 is 2.85 bits per heavy atom. The van der Waals surface area contributed by atoms with E-state index in [0.717, 1.165) is 18.8 Å². The zero-order valence-electron chi connectivity index (χ0n) is 11.9. The summed E-state index contributed by atoms with van der Waals surface area (Å²) in [6.07, 6.45) is 4.31. The first kappa shape index (κ1) is 15.0. The number of nitrogens with zero attached hydrogens (tertiary/aromatic N) is 3. The van der Waals surface area contributed by atoms with Crippen LogP contribution < -0.4 is 16.2 Å². The lowest BCUT2D eigenvalue weighted by molar-refractivity contribution is 0.178. The molecule has 20 heavy (non-hydrogen) atoms. The lowest BCUT2D eigenvalue weighted by Crippen LogP contribution is -2.42. The van der Waals surface area contributed by atoms with Crippen LogP contribution in [0.5, 0.6) is 0 Å². The SMILES string of the molecule is COCc1nc(NN)cc(N(CCCO)C2CCC2)n1. The van der Waals surface area contributed by atoms with Crippen LogP contribution in [0.2, 0.25) is 0 Å². The molecule has 1 aliphatic rings. The normalized spacial score (nSPS) is 14.9. The number of methoxy groups -OCH3 is 1. The van der Waals surface area contributed by atoms with Gasteiger partial charge in [0.1, 0.15) is 18.2 Å². The molecule has 0 atom stereocenters. The van der Waals surface area contributed by atoms with Crippen LogP contribution in [0.15, 0.2) is 6.07 Å². The highest BCUT2D eigenvalue weighted by Gasteiger charge is 2.26. The van der Waals surface area contributed by atoms with Crippen molar-refractivity contribution in [2.75, 3.05) is 30.6 Å². The van der Waals surface area contributed by atoms with E-state index in [4.69, 9.17) is 15.7 Å². The van der Waals surface area contributed by atoms with E-state index in [-0.39, 0.29) is 6.61 Å². The molecule has 4 N–H and O–H groups in total. The summed E-state index contributed by atoms with van der Waals surface area (Å²) in [4.78, 5) is 11.0. The molecule has 1 fully saturated rings. The van der Waals surface area contributed by atoms with E-state index in [1.165, 1.54) is 19.3 Å². The highest BCUT2D eigenvalue weighted by molar-refractivity contribution is 5.50. The minimum Gasteiger partial charge on any atom is -0.396 e. The second-order valence-electron chi connectivity index (χ2n) is 4.96. The van der Waals surface area contributed by atoms with E-state index >= 15 is 0 Å². The summed E-state index contributed by atoms with van der Waals surface area (Å²) in [5.74, 6) is 7.49. The second-order valence-corrected chi connectivity index (χ2v) is 4.96. The van der Waals surface area contributed by atoms with E-state index < -0.39 is 0 Å². The molecular weight excluding hydrogens is 258 g/mol. The van der Waals surface area contributed by atoms with Crippen molar-refractivity contribution in [1.29, 1.82) is 0 Å². The molecule has 1 aliphatic carbocycles. The molecule has 0 saturated heterocycles. The molecule has 1 aromatic rings. The number of hydrazine groups is 1. The maximum absolute atomic E-state index is 9.06. The molecule has 2 rings (SSSR count). The molecule has 0 unspecified atom stereocenters. The third-order valence-electron chi connectivity index (χ3n) is 3.55. The van der Waals surface area contributed by atoms with Crippen LogP contribution in [0.3, 0.4) is 0 Å². The molecule has 7 heteroatoms. The summed E-state index contributed by atoms with van der Waals surface area (Å²) in [6.45, 7) is 1.32. The summed E-state index contributed by atoms with van der Waals surface area (Å²) in [5, 5.41) is 9.06. The van der Waals surface area contributed by atoms with Crippen LogP contribution in [0.4, 0.5) is 11.6 Å². The first-order valence-corrected chi connectivity index (χ1v) is 6.99. The number of nitrogen functional groups attached to an aromatic ring is 1. The lowest BCUT2D eigenvalue weighted by atomic mass is 9.91. The molecule has 1 saturated carbocycles. The number of aliphatic hydroxyl groups excluding tert-OH is 1. The summed E-state index contributed by atoms with van der Waals surface area (Å²) >= 11 is 0. The maximum atomic E-state index is 9.06. The van der Waals surface area contributed by atoms with Crippen molar-refractivity contribution in [3.05, 3.63) is 11.9 Å². The molecule has 7 nitrogen and oxygen atoms in total. The highest BCUT2D eigenvalue weighted by Crippen LogP contribution is 2.29. The first-order chi connectivity index (χ1) is 9.78. The smallest absolute Gasteiger partial charge is 0.158 e. The molecule has 0 bridgehead atoms. The number of hydrogen-bond donors (Lipinski definition) is 3. The zero-order valence-corrected chi connectivity index (χ0v) is 11.9. The fourth-order valence-electron chi connectivity index (χ4n) is 2.32. The predicted molar refractivity (Wildman–Crippen MR) is 77.2 cm³/mol. The van der Waals surface area contributed by atoms with Gasteiger partial charge in [-0.3, -0.25) is 0 Å². The fourth-order valence-corrected chi connectivity index (χ4v) is 2.32. The summed E-state index contributed by atoms with van der Waals surface area (Å²) in [7, 11) is 1.61. The van der Waals surface area contributed by atoms with Crippen LogP contribution in [-0.2, 0) is 11.3 Å². The molecule has 0 spiro atoms. The monoisotopic (exact) mass is 281 g/mol. The Labute approximate surface area is 119 Å². The number of ether oxygens (including phenoxy) is 1. The van der Waals surface area contributed by atoms with Gasteiger partial charge in [-0.1, -0.05) is 0 Å². The number of hydrogen-bond acceptors (Lipinski definition) is 7. The largest absolute Gasteiger partial charge is 0.396 e. The number of aliphatic hydroxyl groups is 1. The van der Waals surface area contributed by atoms with Gasteiger partial charge in [-0.15, -0.1) is 0 Å². The minimum absolute atomic E-state index is 0.182. The van der Waals surface area contributed by atoms with E-state index in [1.54, 1.807) is 7.11 Å². The molecule has 0 aliphatic heterocycles. The Kier molecular flexibility index (Phi) is 5.51. The third-order valence-corrected chi connectivity index (χ3v) is 3.55. The minimum atomic E-state index is 0.182. The average molecular weight is 281 g/mol. The Bertz CT molecular complexity index is 425. The van der Waals surface area contributed by atoms with Gasteiger partial charge in [0, 0.05) is 32.4 Å². The zero-order chi connectivity index (χ0) is 14.4. The molecule has 112 valence electrons. The van der Waals surface area contributed by atoms with Crippen molar-refractivity contribution < 1.29 is 9.84 Å². The number of anilines is 2. The molecular formula is C13H23N5O2. The summed E-state index contributed by atoms with van der Waals surface area (Å²) in [6, 6.07) is 2.34. The van der Waals surface area contributed by atoms with E-state index in [2.05, 4.69) is 20.3 Å². The van der Waals surface area contributed by atoms with Gasteiger partial charge in [-0.05, 0) is 25.7 Å². The maximum Gasteiger partial charge on any atom is 0.158 e. The van der Waals surface area contributed by atoms with Crippen molar-refractivity contribution in [2.24, 2.45) is 5.84 Å².